The number of nitrogens with two attached hydrogens (primary N) is 1. The van der Waals surface area contributed by atoms with Gasteiger partial charge in [-0.2, -0.15) is 4.80 Å². The number of methoxy groups -OCH3 is 1. The van der Waals surface area contributed by atoms with Crippen molar-refractivity contribution in [1.29, 1.82) is 0 Å². The lowest BCUT2D eigenvalue weighted by Gasteiger charge is -2.29. The Kier molecular flexibility index (Phi) is 3.17. The third-order valence-electron chi connectivity index (χ3n) is 2.37. The Morgan fingerprint density at radius 2 is 2.21 bits per heavy atom. The molecular weight excluding hydrogens is 182 g/mol. The molecule has 6 heteroatoms. The lowest BCUT2D eigenvalue weighted by atomic mass is 9.96. The summed E-state index contributed by atoms with van der Waals surface area (Å²) in [4.78, 5) is 1.42. The molecule has 0 bridgehead atoms. The molecule has 0 aliphatic heterocycles. The number of hydrogen-bond acceptors (Lipinski definition) is 5. The summed E-state index contributed by atoms with van der Waals surface area (Å²) in [5, 5.41) is 11.7. The molecule has 0 saturated heterocycles. The van der Waals surface area contributed by atoms with E-state index in [0.717, 1.165) is 0 Å². The van der Waals surface area contributed by atoms with Crippen LogP contribution in [0, 0.1) is 0 Å². The smallest absolute Gasteiger partial charge is 0.176 e. The van der Waals surface area contributed by atoms with E-state index in [-0.39, 0.29) is 11.6 Å². The van der Waals surface area contributed by atoms with Crippen LogP contribution in [0.4, 0.5) is 0 Å². The molecular formula is C8H17N5O. The first kappa shape index (κ1) is 11.1. The number of hydrogen-bond donors (Lipinski definition) is 1. The van der Waals surface area contributed by atoms with Gasteiger partial charge in [0.15, 0.2) is 5.82 Å². The van der Waals surface area contributed by atoms with Gasteiger partial charge in [0.1, 0.15) is 0 Å². The van der Waals surface area contributed by atoms with Gasteiger partial charge in [0.25, 0.3) is 0 Å². The fourth-order valence-corrected chi connectivity index (χ4v) is 0.999. The van der Waals surface area contributed by atoms with Crippen LogP contribution >= 0.6 is 0 Å². The van der Waals surface area contributed by atoms with E-state index in [1.54, 1.807) is 14.2 Å². The molecule has 1 rings (SSSR count). The molecule has 14 heavy (non-hydrogen) atoms. The van der Waals surface area contributed by atoms with E-state index in [2.05, 4.69) is 15.4 Å². The van der Waals surface area contributed by atoms with Gasteiger partial charge >= 0.3 is 0 Å². The van der Waals surface area contributed by atoms with Crippen molar-refractivity contribution in [2.24, 2.45) is 12.8 Å². The zero-order valence-electron chi connectivity index (χ0n) is 9.06. The SMILES string of the molecule is COC(C)(C)C(N)Cc1nnn(C)n1. The zero-order chi connectivity index (χ0) is 10.8. The van der Waals surface area contributed by atoms with E-state index in [1.807, 2.05) is 13.8 Å². The molecule has 1 aromatic rings. The molecule has 0 radical (unpaired) electrons. The molecule has 0 aliphatic carbocycles. The van der Waals surface area contributed by atoms with Crippen LogP contribution in [-0.4, -0.2) is 39.0 Å². The van der Waals surface area contributed by atoms with Gasteiger partial charge in [-0.05, 0) is 19.1 Å². The third-order valence-corrected chi connectivity index (χ3v) is 2.37. The molecule has 0 amide bonds. The van der Waals surface area contributed by atoms with E-state index < -0.39 is 0 Å². The lowest BCUT2D eigenvalue weighted by Crippen LogP contribution is -2.46. The summed E-state index contributed by atoms with van der Waals surface area (Å²) in [6.45, 7) is 3.88. The summed E-state index contributed by atoms with van der Waals surface area (Å²) in [6, 6.07) is -0.142. The summed E-state index contributed by atoms with van der Waals surface area (Å²) in [5.41, 5.74) is 5.59. The van der Waals surface area contributed by atoms with Gasteiger partial charge in [-0.15, -0.1) is 10.2 Å². The van der Waals surface area contributed by atoms with Gasteiger partial charge in [0.2, 0.25) is 0 Å². The minimum atomic E-state index is -0.376. The minimum absolute atomic E-state index is 0.142. The monoisotopic (exact) mass is 199 g/mol. The second-order valence-electron chi connectivity index (χ2n) is 3.81. The van der Waals surface area contributed by atoms with Crippen LogP contribution in [0.3, 0.4) is 0 Å². The fourth-order valence-electron chi connectivity index (χ4n) is 0.999. The largest absolute Gasteiger partial charge is 0.377 e. The average molecular weight is 199 g/mol. The second-order valence-corrected chi connectivity index (χ2v) is 3.81. The number of aryl methyl sites for hydroxylation is 1. The number of aromatic nitrogens is 4. The second kappa shape index (κ2) is 4.02. The third kappa shape index (κ3) is 2.49. The predicted octanol–water partition coefficient (Wildman–Crippen LogP) is -0.495. The highest BCUT2D eigenvalue weighted by atomic mass is 16.5. The molecule has 0 aliphatic rings. The Morgan fingerprint density at radius 3 is 2.64 bits per heavy atom. The highest BCUT2D eigenvalue weighted by Gasteiger charge is 2.27. The Bertz CT molecular complexity index is 296. The molecule has 0 saturated carbocycles. The van der Waals surface area contributed by atoms with Crippen molar-refractivity contribution in [3.05, 3.63) is 5.82 Å². The Balaban J connectivity index is 2.61. The first-order valence-corrected chi connectivity index (χ1v) is 4.49. The highest BCUT2D eigenvalue weighted by molar-refractivity contribution is 4.91. The van der Waals surface area contributed by atoms with Crippen LogP contribution in [0.1, 0.15) is 19.7 Å². The van der Waals surface area contributed by atoms with Gasteiger partial charge < -0.3 is 10.5 Å². The predicted molar refractivity (Wildman–Crippen MR) is 51.6 cm³/mol. The molecule has 0 fully saturated rings. The Hall–Kier alpha value is -1.01. The van der Waals surface area contributed by atoms with Gasteiger partial charge in [-0.25, -0.2) is 0 Å². The number of tetrazole rings is 1. The van der Waals surface area contributed by atoms with Crippen LogP contribution in [0.25, 0.3) is 0 Å². The molecule has 2 N–H and O–H groups in total. The standard InChI is InChI=1S/C8H17N5O/c1-8(2,14-4)6(9)5-7-10-12-13(3)11-7/h6H,5,9H2,1-4H3. The summed E-state index contributed by atoms with van der Waals surface area (Å²) in [6.07, 6.45) is 0.564. The molecule has 80 valence electrons. The fraction of sp³-hybridized carbons (Fsp3) is 0.875. The van der Waals surface area contributed by atoms with Gasteiger partial charge in [-0.3, -0.25) is 0 Å². The topological polar surface area (TPSA) is 78.9 Å². The van der Waals surface area contributed by atoms with Crippen LogP contribution in [0.5, 0.6) is 0 Å². The molecule has 1 unspecified atom stereocenters. The van der Waals surface area contributed by atoms with Gasteiger partial charge in [0.05, 0.1) is 12.6 Å². The molecule has 0 aromatic carbocycles. The van der Waals surface area contributed by atoms with Crippen molar-refractivity contribution in [2.75, 3.05) is 7.11 Å². The Morgan fingerprint density at radius 1 is 1.57 bits per heavy atom. The molecule has 6 nitrogen and oxygen atoms in total. The van der Waals surface area contributed by atoms with Crippen molar-refractivity contribution in [1.82, 2.24) is 20.2 Å². The van der Waals surface area contributed by atoms with Crippen LogP contribution < -0.4 is 5.73 Å². The van der Waals surface area contributed by atoms with Gasteiger partial charge in [-0.1, -0.05) is 0 Å². The summed E-state index contributed by atoms with van der Waals surface area (Å²) < 4.78 is 5.27. The number of nitrogens with zero attached hydrogens (tertiary/aromatic N) is 4. The summed E-state index contributed by atoms with van der Waals surface area (Å²) in [5.74, 6) is 0.644. The highest BCUT2D eigenvalue weighted by Crippen LogP contribution is 2.14. The first-order valence-electron chi connectivity index (χ1n) is 4.49. The minimum Gasteiger partial charge on any atom is -0.377 e. The zero-order valence-corrected chi connectivity index (χ0v) is 9.06. The van der Waals surface area contributed by atoms with Crippen molar-refractivity contribution < 1.29 is 4.74 Å². The van der Waals surface area contributed by atoms with E-state index >= 15 is 0 Å². The van der Waals surface area contributed by atoms with Crippen LogP contribution in [-0.2, 0) is 18.2 Å². The van der Waals surface area contributed by atoms with Crippen molar-refractivity contribution >= 4 is 0 Å². The molecule has 1 aromatic heterocycles. The summed E-state index contributed by atoms with van der Waals surface area (Å²) >= 11 is 0. The van der Waals surface area contributed by atoms with Crippen LogP contribution in [0.2, 0.25) is 0 Å². The maximum absolute atomic E-state index is 5.96. The molecule has 1 atom stereocenters. The molecule has 1 heterocycles. The van der Waals surface area contributed by atoms with Crippen molar-refractivity contribution in [2.45, 2.75) is 31.9 Å². The number of rotatable bonds is 4. The van der Waals surface area contributed by atoms with E-state index in [1.165, 1.54) is 4.80 Å². The first-order chi connectivity index (χ1) is 6.45. The van der Waals surface area contributed by atoms with E-state index in [9.17, 15) is 0 Å². The molecule has 0 spiro atoms. The average Bonchev–Trinajstić information content (AvgIpc) is 2.51. The Labute approximate surface area is 83.4 Å². The summed E-state index contributed by atoms with van der Waals surface area (Å²) in [7, 11) is 3.37. The maximum atomic E-state index is 5.96. The lowest BCUT2D eigenvalue weighted by molar-refractivity contribution is 0.000319. The quantitative estimate of drug-likeness (QED) is 0.707. The number of ether oxygens (including phenoxy) is 1. The van der Waals surface area contributed by atoms with Crippen molar-refractivity contribution in [3.63, 3.8) is 0 Å². The van der Waals surface area contributed by atoms with Crippen LogP contribution in [0.15, 0.2) is 0 Å². The van der Waals surface area contributed by atoms with E-state index in [4.69, 9.17) is 10.5 Å². The normalized spacial score (nSPS) is 14.4. The van der Waals surface area contributed by atoms with E-state index in [0.29, 0.717) is 12.2 Å². The maximum Gasteiger partial charge on any atom is 0.176 e. The van der Waals surface area contributed by atoms with Gasteiger partial charge in [0, 0.05) is 19.6 Å². The van der Waals surface area contributed by atoms with Crippen molar-refractivity contribution in [3.8, 4) is 0 Å².